The largest absolute Gasteiger partial charge is 0.507 e. The van der Waals surface area contributed by atoms with Gasteiger partial charge in [-0.1, -0.05) is 84.9 Å². The molecular weight excluding hydrogens is 454 g/mol. The number of hydrogen-bond acceptors (Lipinski definition) is 2. The molecule has 6 rings (SSSR count). The Labute approximate surface area is 206 Å². The van der Waals surface area contributed by atoms with Crippen molar-refractivity contribution in [2.45, 2.75) is 0 Å². The Bertz CT molecular complexity index is 1660. The number of hydrogen-bond donors (Lipinski definition) is 2. The van der Waals surface area contributed by atoms with Gasteiger partial charge in [0.25, 0.3) is 0 Å². The van der Waals surface area contributed by atoms with E-state index in [0.29, 0.717) is 22.3 Å². The lowest BCUT2D eigenvalue weighted by Crippen LogP contribution is -1.97. The third-order valence-electron chi connectivity index (χ3n) is 6.63. The Morgan fingerprint density at radius 2 is 0.806 bits per heavy atom. The molecule has 0 unspecified atom stereocenters. The zero-order chi connectivity index (χ0) is 24.8. The number of rotatable bonds is 3. The lowest BCUT2D eigenvalue weighted by molar-refractivity contribution is 0.477. The van der Waals surface area contributed by atoms with Crippen LogP contribution in [0, 0.1) is 11.6 Å². The van der Waals surface area contributed by atoms with E-state index >= 15 is 8.78 Å². The summed E-state index contributed by atoms with van der Waals surface area (Å²) in [4.78, 5) is 0. The van der Waals surface area contributed by atoms with E-state index < -0.39 is 11.6 Å². The Kier molecular flexibility index (Phi) is 5.15. The highest BCUT2D eigenvalue weighted by Crippen LogP contribution is 2.48. The van der Waals surface area contributed by atoms with Crippen LogP contribution < -0.4 is 0 Å². The highest BCUT2D eigenvalue weighted by Gasteiger charge is 2.24. The lowest BCUT2D eigenvalue weighted by Gasteiger charge is -2.19. The molecule has 0 atom stereocenters. The minimum atomic E-state index is -0.633. The molecule has 2 N–H and O–H groups in total. The Hall–Kier alpha value is -4.70. The number of aromatic hydroxyl groups is 2. The second-order valence-electron chi connectivity index (χ2n) is 8.69. The van der Waals surface area contributed by atoms with Gasteiger partial charge in [0.2, 0.25) is 0 Å². The molecular formula is C32H20F2O2. The molecule has 0 amide bonds. The normalized spacial score (nSPS) is 11.3. The minimum absolute atomic E-state index is 0.0181. The van der Waals surface area contributed by atoms with E-state index in [9.17, 15) is 10.2 Å². The van der Waals surface area contributed by atoms with E-state index in [1.54, 1.807) is 48.5 Å². The Morgan fingerprint density at radius 1 is 0.389 bits per heavy atom. The Morgan fingerprint density at radius 3 is 1.25 bits per heavy atom. The predicted octanol–water partition coefficient (Wildman–Crippen LogP) is 8.68. The first-order chi connectivity index (χ1) is 17.5. The molecule has 6 aromatic rings. The zero-order valence-corrected chi connectivity index (χ0v) is 19.0. The van der Waals surface area contributed by atoms with Gasteiger partial charge in [-0.25, -0.2) is 8.78 Å². The van der Waals surface area contributed by atoms with Crippen LogP contribution in [-0.2, 0) is 0 Å². The molecule has 0 saturated carbocycles. The average molecular weight is 475 g/mol. The van der Waals surface area contributed by atoms with Crippen LogP contribution in [0.1, 0.15) is 0 Å². The van der Waals surface area contributed by atoms with Crippen molar-refractivity contribution in [1.82, 2.24) is 0 Å². The molecule has 0 spiro atoms. The van der Waals surface area contributed by atoms with Crippen molar-refractivity contribution < 1.29 is 19.0 Å². The van der Waals surface area contributed by atoms with Crippen molar-refractivity contribution in [2.75, 3.05) is 0 Å². The fraction of sp³-hybridized carbons (Fsp3) is 0. The first kappa shape index (κ1) is 21.8. The van der Waals surface area contributed by atoms with Crippen LogP contribution in [0.25, 0.3) is 54.9 Å². The van der Waals surface area contributed by atoms with Crippen molar-refractivity contribution in [3.05, 3.63) is 121 Å². The van der Waals surface area contributed by atoms with Crippen LogP contribution in [0.3, 0.4) is 0 Å². The minimum Gasteiger partial charge on any atom is -0.507 e. The van der Waals surface area contributed by atoms with Gasteiger partial charge in [0.05, 0.1) is 0 Å². The summed E-state index contributed by atoms with van der Waals surface area (Å²) in [5, 5.41) is 25.0. The number of phenols is 2. The second-order valence-corrected chi connectivity index (χ2v) is 8.69. The van der Waals surface area contributed by atoms with Gasteiger partial charge in [0, 0.05) is 22.3 Å². The van der Waals surface area contributed by atoms with Gasteiger partial charge in [-0.05, 0) is 56.9 Å². The summed E-state index contributed by atoms with van der Waals surface area (Å²) >= 11 is 0. The van der Waals surface area contributed by atoms with Gasteiger partial charge >= 0.3 is 0 Å². The first-order valence-electron chi connectivity index (χ1n) is 11.5. The molecule has 174 valence electrons. The number of benzene rings is 6. The van der Waals surface area contributed by atoms with E-state index in [-0.39, 0.29) is 22.6 Å². The van der Waals surface area contributed by atoms with Crippen molar-refractivity contribution in [2.24, 2.45) is 0 Å². The summed E-state index contributed by atoms with van der Waals surface area (Å²) in [7, 11) is 0. The molecule has 0 aliphatic rings. The highest BCUT2D eigenvalue weighted by molar-refractivity contribution is 6.07. The Balaban J connectivity index is 1.74. The van der Waals surface area contributed by atoms with Gasteiger partial charge in [0.1, 0.15) is 23.1 Å². The molecule has 0 saturated heterocycles. The van der Waals surface area contributed by atoms with Crippen LogP contribution in [0.4, 0.5) is 8.78 Å². The van der Waals surface area contributed by atoms with Crippen molar-refractivity contribution in [1.29, 1.82) is 0 Å². The molecule has 0 aliphatic heterocycles. The maximum Gasteiger partial charge on any atom is 0.131 e. The smallest absolute Gasteiger partial charge is 0.131 e. The molecule has 0 aromatic heterocycles. The molecule has 0 bridgehead atoms. The summed E-state index contributed by atoms with van der Waals surface area (Å²) in [6, 6.07) is 30.6. The summed E-state index contributed by atoms with van der Waals surface area (Å²) in [5.74, 6) is -1.34. The standard InChI is InChI=1S/C32H20F2O2/c33-25-13-5-11-23(29-21-9-3-1-7-19(21)15-17-27(29)35)31(25)32-24(12-6-14-26(32)34)30-22-10-4-2-8-20(22)16-18-28(30)36/h1-18,35-36H. The fourth-order valence-corrected chi connectivity index (χ4v) is 5.06. The fourth-order valence-electron chi connectivity index (χ4n) is 5.06. The third kappa shape index (κ3) is 3.38. The van der Waals surface area contributed by atoms with Gasteiger partial charge in [-0.15, -0.1) is 0 Å². The maximum atomic E-state index is 15.7. The topological polar surface area (TPSA) is 40.5 Å². The molecule has 6 aromatic carbocycles. The SMILES string of the molecule is Oc1ccc2ccccc2c1-c1cccc(F)c1-c1c(F)cccc1-c1c(O)ccc2ccccc12. The average Bonchev–Trinajstić information content (AvgIpc) is 2.89. The third-order valence-corrected chi connectivity index (χ3v) is 6.63. The molecule has 0 fully saturated rings. The van der Waals surface area contributed by atoms with Gasteiger partial charge in [-0.3, -0.25) is 0 Å². The predicted molar refractivity (Wildman–Crippen MR) is 141 cm³/mol. The van der Waals surface area contributed by atoms with Crippen molar-refractivity contribution in [3.8, 4) is 44.9 Å². The van der Waals surface area contributed by atoms with E-state index in [1.807, 2.05) is 48.5 Å². The first-order valence-corrected chi connectivity index (χ1v) is 11.5. The van der Waals surface area contributed by atoms with E-state index in [0.717, 1.165) is 21.5 Å². The molecule has 4 heteroatoms. The lowest BCUT2D eigenvalue weighted by atomic mass is 9.85. The van der Waals surface area contributed by atoms with Crippen molar-refractivity contribution >= 4 is 21.5 Å². The van der Waals surface area contributed by atoms with Crippen molar-refractivity contribution in [3.63, 3.8) is 0 Å². The van der Waals surface area contributed by atoms with E-state index in [2.05, 4.69) is 0 Å². The molecule has 0 heterocycles. The van der Waals surface area contributed by atoms with Crippen LogP contribution in [0.15, 0.2) is 109 Å². The summed E-state index contributed by atoms with van der Waals surface area (Å²) in [6.07, 6.45) is 0. The molecule has 2 nitrogen and oxygen atoms in total. The summed E-state index contributed by atoms with van der Waals surface area (Å²) < 4.78 is 31.5. The van der Waals surface area contributed by atoms with Crippen LogP contribution in [0.2, 0.25) is 0 Å². The number of fused-ring (bicyclic) bond motifs is 2. The summed E-state index contributed by atoms with van der Waals surface area (Å²) in [5.41, 5.74) is 1.58. The van der Waals surface area contributed by atoms with Crippen LogP contribution in [-0.4, -0.2) is 10.2 Å². The molecule has 0 aliphatic carbocycles. The molecule has 36 heavy (non-hydrogen) atoms. The van der Waals surface area contributed by atoms with Crippen LogP contribution in [0.5, 0.6) is 11.5 Å². The zero-order valence-electron chi connectivity index (χ0n) is 19.0. The highest BCUT2D eigenvalue weighted by atomic mass is 19.1. The van der Waals surface area contributed by atoms with E-state index in [1.165, 1.54) is 12.1 Å². The van der Waals surface area contributed by atoms with Gasteiger partial charge in [-0.2, -0.15) is 0 Å². The molecule has 0 radical (unpaired) electrons. The maximum absolute atomic E-state index is 15.7. The van der Waals surface area contributed by atoms with Gasteiger partial charge < -0.3 is 10.2 Å². The monoisotopic (exact) mass is 474 g/mol. The summed E-state index contributed by atoms with van der Waals surface area (Å²) in [6.45, 7) is 0. The quantitative estimate of drug-likeness (QED) is 0.269. The van der Waals surface area contributed by atoms with Crippen LogP contribution >= 0.6 is 0 Å². The number of phenolic OH excluding ortho intramolecular Hbond substituents is 2. The van der Waals surface area contributed by atoms with Gasteiger partial charge in [0.15, 0.2) is 0 Å². The second kappa shape index (κ2) is 8.51. The van der Waals surface area contributed by atoms with E-state index in [4.69, 9.17) is 0 Å². The number of halogens is 2.